The van der Waals surface area contributed by atoms with Crippen LogP contribution < -0.4 is 30.9 Å². The molecule has 0 unspecified atom stereocenters. The van der Waals surface area contributed by atoms with Crippen LogP contribution in [0.1, 0.15) is 158 Å². The summed E-state index contributed by atoms with van der Waals surface area (Å²) in [6.45, 7) is 23.3. The molecule has 3 saturated heterocycles. The maximum absolute atomic E-state index is 16.0. The number of aliphatic hydroxyl groups is 1. The number of alkyl halides is 1. The van der Waals surface area contributed by atoms with Gasteiger partial charge in [0, 0.05) is 91.1 Å². The quantitative estimate of drug-likeness (QED) is 0.0287. The monoisotopic (exact) mass is 1410 g/mol. The van der Waals surface area contributed by atoms with Crippen molar-refractivity contribution in [1.82, 2.24) is 50.2 Å². The van der Waals surface area contributed by atoms with Gasteiger partial charge in [0.25, 0.3) is 11.8 Å². The van der Waals surface area contributed by atoms with E-state index in [0.29, 0.717) is 85.6 Å². The topological polar surface area (TPSA) is 247 Å². The number of nitrogens with zero attached hydrogens (tertiary/aromatic N) is 8. The lowest BCUT2D eigenvalue weighted by Gasteiger charge is -2.49. The highest BCUT2D eigenvalue weighted by Gasteiger charge is 2.54. The number of imidazole rings is 1. The number of rotatable bonds is 28. The molecule has 0 radical (unpaired) electrons. The minimum atomic E-state index is -1.99. The summed E-state index contributed by atoms with van der Waals surface area (Å²) in [6, 6.07) is 16.2. The average Bonchev–Trinajstić information content (AvgIpc) is 1.58. The number of aromatic nitrogens is 4. The number of likely N-dealkylation sites (tertiary alicyclic amines) is 3. The van der Waals surface area contributed by atoms with Crippen LogP contribution in [0.3, 0.4) is 0 Å². The molecule has 2 saturated carbocycles. The summed E-state index contributed by atoms with van der Waals surface area (Å²) in [5, 5.41) is 22.5. The molecule has 2 aliphatic carbocycles. The number of hydrogen-bond acceptors (Lipinski definition) is 17. The molecule has 3 atom stereocenters. The van der Waals surface area contributed by atoms with Crippen molar-refractivity contribution in [2.45, 2.75) is 193 Å². The summed E-state index contributed by atoms with van der Waals surface area (Å²) in [5.74, 6) is -1.61. The minimum absolute atomic E-state index is 0.00140. The van der Waals surface area contributed by atoms with Crippen LogP contribution in [0.25, 0.3) is 32.7 Å². The van der Waals surface area contributed by atoms with Gasteiger partial charge in [0.15, 0.2) is 11.5 Å². The fourth-order valence-corrected chi connectivity index (χ4v) is 15.8. The molecule has 6 aliphatic rings. The van der Waals surface area contributed by atoms with Crippen LogP contribution in [0.4, 0.5) is 26.0 Å². The second-order valence-electron chi connectivity index (χ2n) is 30.1. The van der Waals surface area contributed by atoms with Gasteiger partial charge in [-0.3, -0.25) is 24.0 Å². The number of benzene rings is 3. The van der Waals surface area contributed by atoms with Gasteiger partial charge < -0.3 is 69.5 Å². The van der Waals surface area contributed by atoms with Gasteiger partial charge in [-0.2, -0.15) is 0 Å². The number of carbonyl (C=O) groups is 5. The Kier molecular flexibility index (Phi) is 22.5. The van der Waals surface area contributed by atoms with Crippen molar-refractivity contribution in [2.24, 2.45) is 5.41 Å². The minimum Gasteiger partial charge on any atom is -0.491 e. The summed E-state index contributed by atoms with van der Waals surface area (Å²) in [6.07, 6.45) is 9.01. The normalized spacial score (nSPS) is 20.5. The summed E-state index contributed by atoms with van der Waals surface area (Å²) < 4.78 is 56.6. The highest BCUT2D eigenvalue weighted by atomic mass is 32.1. The van der Waals surface area contributed by atoms with Gasteiger partial charge in [0.1, 0.15) is 35.8 Å². The van der Waals surface area contributed by atoms with E-state index < -0.39 is 52.8 Å². The number of piperidine rings is 2. The summed E-state index contributed by atoms with van der Waals surface area (Å²) in [7, 11) is 0. The third kappa shape index (κ3) is 16.6. The number of hydrogen-bond donors (Lipinski definition) is 5. The number of nitrogens with one attached hydrogen (secondary N) is 4. The Balaban J connectivity index is 0.613. The first-order chi connectivity index (χ1) is 48.4. The molecule has 544 valence electrons. The zero-order valence-electron chi connectivity index (χ0n) is 59.9. The number of fused-ring (bicyclic) bond motifs is 3. The average molecular weight is 1410 g/mol. The molecular formula is C76H100F2N12O10S. The second kappa shape index (κ2) is 31.1. The Morgan fingerprint density at radius 3 is 2.17 bits per heavy atom. The number of aliphatic hydroxyl groups excluding tert-OH is 1. The van der Waals surface area contributed by atoms with Gasteiger partial charge in [-0.25, -0.2) is 23.7 Å². The van der Waals surface area contributed by atoms with E-state index in [9.17, 15) is 33.5 Å². The number of anilines is 3. The number of β-amino-alcohol motifs (C(OH)–C–C–N with tert-alkyl or cyclic N) is 1. The molecule has 5 N–H and O–H groups in total. The van der Waals surface area contributed by atoms with Gasteiger partial charge in [0.05, 0.1) is 91.5 Å². The molecule has 5 fully saturated rings. The van der Waals surface area contributed by atoms with Crippen LogP contribution in [-0.2, 0) is 45.3 Å². The summed E-state index contributed by atoms with van der Waals surface area (Å²) in [5.41, 5.74) is 7.95. The van der Waals surface area contributed by atoms with E-state index in [0.717, 1.165) is 65.0 Å². The van der Waals surface area contributed by atoms with Gasteiger partial charge in [0.2, 0.25) is 17.7 Å². The molecule has 3 aromatic carbocycles. The molecule has 7 heterocycles. The molecule has 22 nitrogen and oxygen atoms in total. The molecule has 6 aromatic rings. The van der Waals surface area contributed by atoms with E-state index in [1.807, 2.05) is 54.5 Å². The van der Waals surface area contributed by atoms with Crippen molar-refractivity contribution < 1.29 is 56.8 Å². The molecule has 12 rings (SSSR count). The van der Waals surface area contributed by atoms with E-state index in [1.54, 1.807) is 45.6 Å². The number of aryl methyl sites for hydroxylation is 2. The fourth-order valence-electron chi connectivity index (χ4n) is 15.0. The maximum atomic E-state index is 16.0. The number of ether oxygens (including phenoxy) is 4. The highest BCUT2D eigenvalue weighted by molar-refractivity contribution is 7.13. The predicted octanol–water partition coefficient (Wildman–Crippen LogP) is 10.3. The number of amides is 5. The number of halogens is 2. The summed E-state index contributed by atoms with van der Waals surface area (Å²) >= 11 is 1.50. The first kappa shape index (κ1) is 73.1. The van der Waals surface area contributed by atoms with Gasteiger partial charge in [-0.15, -0.1) is 11.3 Å². The van der Waals surface area contributed by atoms with E-state index in [1.165, 1.54) is 65.9 Å². The Labute approximate surface area is 595 Å². The van der Waals surface area contributed by atoms with Crippen molar-refractivity contribution in [3.8, 4) is 27.4 Å². The molecule has 3 aromatic heterocycles. The number of pyridine rings is 1. The predicted molar refractivity (Wildman–Crippen MR) is 385 cm³/mol. The van der Waals surface area contributed by atoms with Crippen molar-refractivity contribution in [3.05, 3.63) is 100 Å². The molecule has 25 heteroatoms. The van der Waals surface area contributed by atoms with Crippen LogP contribution in [0.15, 0.2) is 66.4 Å². The first-order valence-corrected chi connectivity index (χ1v) is 37.1. The van der Waals surface area contributed by atoms with E-state index in [4.69, 9.17) is 28.9 Å². The van der Waals surface area contributed by atoms with E-state index >= 15 is 4.39 Å². The van der Waals surface area contributed by atoms with Crippen LogP contribution in [0, 0.1) is 25.1 Å². The standard InChI is InChI=1S/C76H100F2N12O10S/c1-46(2)82-70(93)56-39-60(58(77)33-48(56)5)84-69-66-61(80-44-90(66)47(3)4)40-59(83-69)50-15-16-57-62(34-50)89(54-36-53(37-54)86-22-11-10-12-23-86)43-75(57)20-24-87(25-21-75)65(92)17-26-97-27-28-98-29-30-99-31-32-100-64-35-51(67-49(6)81-45-101-67)13-14-52(64)41-79-71(94)63-38-55(91)42-88(63)72(95)68(74(7,8)9)85-73(96)76(78)18-19-76/h13-16,33-35,39-40,44-47,53-55,63,68,91H,10-12,17-32,36-38,41-43H2,1-9H3,(H,79,94)(H,82,93)(H,83,84)(H,85,96)/t53?,54?,55-,63+,68-/m0/s1. The van der Waals surface area contributed by atoms with Gasteiger partial charge in [-0.05, 0) is 158 Å². The summed E-state index contributed by atoms with van der Waals surface area (Å²) in [4.78, 5) is 91.9. The van der Waals surface area contributed by atoms with Crippen LogP contribution >= 0.6 is 11.3 Å². The van der Waals surface area contributed by atoms with Crippen LogP contribution in [-0.4, -0.2) is 196 Å². The molecular weight excluding hydrogens is 1310 g/mol. The SMILES string of the molecule is Cc1cc(F)c(Nc2nc(-c3ccc4c(c3)N(C3CC(N5CCCCC5)C3)CC43CCN(C(=O)CCOCCOCCOCCOc4cc(-c5scnc5C)ccc4CNC(=O)[C@H]4C[C@H](O)CN4C(=O)[C@H](NC(=O)C4(F)CC4)C(C)(C)C)CC3)cc3ncn(C(C)C)c23)cc1C(=O)NC(C)C. The Morgan fingerprint density at radius 1 is 0.792 bits per heavy atom. The third-order valence-corrected chi connectivity index (χ3v) is 22.0. The van der Waals surface area contributed by atoms with Crippen molar-refractivity contribution in [3.63, 3.8) is 0 Å². The van der Waals surface area contributed by atoms with Crippen molar-refractivity contribution >= 4 is 69.1 Å². The first-order valence-electron chi connectivity index (χ1n) is 36.2. The lowest BCUT2D eigenvalue weighted by Crippen LogP contribution is -2.59. The zero-order chi connectivity index (χ0) is 71.5. The molecule has 5 amide bonds. The molecule has 4 aliphatic heterocycles. The lowest BCUT2D eigenvalue weighted by atomic mass is 9.74. The lowest BCUT2D eigenvalue weighted by molar-refractivity contribution is -0.145. The van der Waals surface area contributed by atoms with Gasteiger partial charge >= 0.3 is 0 Å². The fraction of sp³-hybridized carbons (Fsp3) is 0.579. The Morgan fingerprint density at radius 2 is 1.50 bits per heavy atom. The Bertz CT molecular complexity index is 3980. The van der Waals surface area contributed by atoms with E-state index in [2.05, 4.69) is 68.1 Å². The van der Waals surface area contributed by atoms with Crippen molar-refractivity contribution in [1.29, 1.82) is 0 Å². The molecule has 0 bridgehead atoms. The zero-order valence-corrected chi connectivity index (χ0v) is 60.7. The molecule has 1 spiro atoms. The highest BCUT2D eigenvalue weighted by Crippen LogP contribution is 2.52. The molecule has 101 heavy (non-hydrogen) atoms. The largest absolute Gasteiger partial charge is 0.491 e. The number of carbonyl (C=O) groups excluding carboxylic acids is 5. The third-order valence-electron chi connectivity index (χ3n) is 21.1. The van der Waals surface area contributed by atoms with E-state index in [-0.39, 0.29) is 93.6 Å². The maximum Gasteiger partial charge on any atom is 0.258 e. The van der Waals surface area contributed by atoms with Gasteiger partial charge in [-0.1, -0.05) is 51.5 Å². The van der Waals surface area contributed by atoms with Crippen LogP contribution in [0.5, 0.6) is 5.75 Å². The van der Waals surface area contributed by atoms with Crippen molar-refractivity contribution in [2.75, 3.05) is 95.7 Å². The van der Waals surface area contributed by atoms with Crippen LogP contribution in [0.2, 0.25) is 0 Å². The second-order valence-corrected chi connectivity index (χ2v) is 31.0. The number of thiazole rings is 1. The Hall–Kier alpha value is -7.68. The smallest absolute Gasteiger partial charge is 0.258 e.